The van der Waals surface area contributed by atoms with Crippen LogP contribution in [0.1, 0.15) is 16.4 Å². The summed E-state index contributed by atoms with van der Waals surface area (Å²) in [6.45, 7) is 1.75. The number of rotatable bonds is 5. The zero-order valence-corrected chi connectivity index (χ0v) is 20.2. The van der Waals surface area contributed by atoms with E-state index in [9.17, 15) is 19.2 Å². The van der Waals surface area contributed by atoms with Gasteiger partial charge in [-0.05, 0) is 17.7 Å². The first-order chi connectivity index (χ1) is 16.4. The van der Waals surface area contributed by atoms with Gasteiger partial charge in [0, 0.05) is 23.9 Å². The quantitative estimate of drug-likeness (QED) is 0.590. The number of morpholine rings is 1. The lowest BCUT2D eigenvalue weighted by Gasteiger charge is -2.31. The minimum absolute atomic E-state index is 0.122. The Balaban J connectivity index is 1.58. The second-order valence-corrected chi connectivity index (χ2v) is 10.2. The van der Waals surface area contributed by atoms with E-state index in [1.807, 2.05) is 6.07 Å². The van der Waals surface area contributed by atoms with Crippen molar-refractivity contribution in [3.63, 3.8) is 0 Å². The Morgan fingerprint density at radius 1 is 1.12 bits per heavy atom. The van der Waals surface area contributed by atoms with Crippen LogP contribution in [0.25, 0.3) is 0 Å². The lowest BCUT2D eigenvalue weighted by Crippen LogP contribution is -2.43. The number of carbonyl (C=O) groups is 3. The van der Waals surface area contributed by atoms with E-state index >= 15 is 0 Å². The fraction of sp³-hybridized carbons (Fsp3) is 0.455. The largest absolute Gasteiger partial charge is 0.493 e. The van der Waals surface area contributed by atoms with E-state index < -0.39 is 17.1 Å². The van der Waals surface area contributed by atoms with Crippen molar-refractivity contribution in [3.8, 4) is 11.5 Å². The van der Waals surface area contributed by atoms with E-state index in [4.69, 9.17) is 14.2 Å². The molecule has 2 fully saturated rings. The molecule has 0 saturated carbocycles. The number of fused-ring (bicyclic) bond motifs is 2. The third-order valence-corrected chi connectivity index (χ3v) is 8.93. The highest BCUT2D eigenvalue weighted by Gasteiger charge is 2.53. The Bertz CT molecular complexity index is 1220. The predicted molar refractivity (Wildman–Crippen MR) is 124 cm³/mol. The van der Waals surface area contributed by atoms with Gasteiger partial charge in [-0.25, -0.2) is 0 Å². The van der Waals surface area contributed by atoms with Crippen LogP contribution in [0.4, 0.5) is 0 Å². The number of ether oxygens (including phenoxy) is 3. The van der Waals surface area contributed by atoms with Crippen LogP contribution in [-0.4, -0.2) is 73.0 Å². The van der Waals surface area contributed by atoms with Crippen LogP contribution >= 0.6 is 23.1 Å². The van der Waals surface area contributed by atoms with E-state index in [1.54, 1.807) is 17.0 Å². The molecule has 1 N–H and O–H groups in total. The van der Waals surface area contributed by atoms with Crippen molar-refractivity contribution in [2.45, 2.75) is 22.7 Å². The molecule has 0 bridgehead atoms. The molecule has 3 atom stereocenters. The smallest absolute Gasteiger partial charge is 0.308 e. The Morgan fingerprint density at radius 2 is 1.85 bits per heavy atom. The van der Waals surface area contributed by atoms with Gasteiger partial charge in [0.05, 0.1) is 38.4 Å². The fourth-order valence-corrected chi connectivity index (χ4v) is 7.37. The van der Waals surface area contributed by atoms with Gasteiger partial charge in [0.1, 0.15) is 11.8 Å². The number of imide groups is 1. The standard InChI is InChI=1S/C22H23N3O7S2/c1-30-12-4-3-11(9-13(12)31-2)15-16-17(20(28)23-19(16)27)33-21-18(15)34-22(29)25(21)10-14(26)24-5-7-32-8-6-24/h3-4,9,15-17H,5-8,10H2,1-2H3,(H,23,27,28). The number of thiazole rings is 1. The molecule has 0 spiro atoms. The van der Waals surface area contributed by atoms with Crippen LogP contribution in [0.5, 0.6) is 11.5 Å². The molecule has 4 heterocycles. The average Bonchev–Trinajstić information content (AvgIpc) is 3.32. The summed E-state index contributed by atoms with van der Waals surface area (Å²) < 4.78 is 17.5. The molecule has 5 rings (SSSR count). The molecule has 180 valence electrons. The molecule has 3 aliphatic heterocycles. The van der Waals surface area contributed by atoms with Crippen molar-refractivity contribution < 1.29 is 28.6 Å². The van der Waals surface area contributed by atoms with Crippen LogP contribution in [0.2, 0.25) is 0 Å². The van der Waals surface area contributed by atoms with E-state index in [0.717, 1.165) is 16.9 Å². The minimum Gasteiger partial charge on any atom is -0.493 e. The molecular formula is C22H23N3O7S2. The van der Waals surface area contributed by atoms with Crippen molar-refractivity contribution in [1.29, 1.82) is 0 Å². The van der Waals surface area contributed by atoms with Crippen LogP contribution in [0.15, 0.2) is 28.0 Å². The Hall–Kier alpha value is -2.83. The zero-order chi connectivity index (χ0) is 24.0. The van der Waals surface area contributed by atoms with Gasteiger partial charge in [-0.15, -0.1) is 0 Å². The van der Waals surface area contributed by atoms with Gasteiger partial charge in [-0.2, -0.15) is 0 Å². The number of aromatic nitrogens is 1. The lowest BCUT2D eigenvalue weighted by molar-refractivity contribution is -0.136. The zero-order valence-electron chi connectivity index (χ0n) is 18.6. The molecule has 3 amide bonds. The van der Waals surface area contributed by atoms with E-state index in [0.29, 0.717) is 47.7 Å². The Morgan fingerprint density at radius 3 is 2.56 bits per heavy atom. The molecule has 0 aliphatic carbocycles. The molecule has 3 aliphatic rings. The van der Waals surface area contributed by atoms with Crippen molar-refractivity contribution >= 4 is 40.8 Å². The van der Waals surface area contributed by atoms with Crippen molar-refractivity contribution in [3.05, 3.63) is 38.3 Å². The first-order valence-electron chi connectivity index (χ1n) is 10.7. The number of nitrogens with one attached hydrogen (secondary N) is 1. The van der Waals surface area contributed by atoms with Gasteiger partial charge < -0.3 is 19.1 Å². The third kappa shape index (κ3) is 3.79. The Labute approximate surface area is 203 Å². The highest BCUT2D eigenvalue weighted by Crippen LogP contribution is 2.52. The number of nitrogens with zero attached hydrogens (tertiary/aromatic N) is 2. The van der Waals surface area contributed by atoms with Crippen molar-refractivity contribution in [2.24, 2.45) is 5.92 Å². The molecule has 1 aromatic carbocycles. The van der Waals surface area contributed by atoms with Gasteiger partial charge in [-0.1, -0.05) is 29.2 Å². The maximum absolute atomic E-state index is 13.1. The summed E-state index contributed by atoms with van der Waals surface area (Å²) in [5.74, 6) is -1.14. The normalized spacial score (nSPS) is 23.8. The molecule has 3 unspecified atom stereocenters. The van der Waals surface area contributed by atoms with Gasteiger partial charge in [0.2, 0.25) is 17.7 Å². The van der Waals surface area contributed by atoms with Crippen molar-refractivity contribution in [1.82, 2.24) is 14.8 Å². The predicted octanol–water partition coefficient (Wildman–Crippen LogP) is 0.665. The molecule has 10 nitrogen and oxygen atoms in total. The van der Waals surface area contributed by atoms with E-state index in [-0.39, 0.29) is 29.1 Å². The maximum Gasteiger partial charge on any atom is 0.308 e. The topological polar surface area (TPSA) is 116 Å². The number of hydrogen-bond acceptors (Lipinski definition) is 9. The van der Waals surface area contributed by atoms with Gasteiger partial charge in [-0.3, -0.25) is 29.1 Å². The molecule has 12 heteroatoms. The SMILES string of the molecule is COc1ccc(C2c3sc(=O)n(CC(=O)N4CCOCC4)c3SC3C(=O)NC(=O)C32)cc1OC. The van der Waals surface area contributed by atoms with Crippen LogP contribution in [0, 0.1) is 5.92 Å². The summed E-state index contributed by atoms with van der Waals surface area (Å²) in [7, 11) is 3.05. The molecule has 2 aromatic rings. The third-order valence-electron chi connectivity index (χ3n) is 6.31. The summed E-state index contributed by atoms with van der Waals surface area (Å²) in [5.41, 5.74) is 0.729. The highest BCUT2D eigenvalue weighted by atomic mass is 32.2. The van der Waals surface area contributed by atoms with E-state index in [1.165, 1.54) is 30.5 Å². The number of carbonyl (C=O) groups excluding carboxylic acids is 3. The number of benzene rings is 1. The van der Waals surface area contributed by atoms with Gasteiger partial charge in [0.15, 0.2) is 11.5 Å². The number of methoxy groups -OCH3 is 2. The van der Waals surface area contributed by atoms with Crippen molar-refractivity contribution in [2.75, 3.05) is 40.5 Å². The maximum atomic E-state index is 13.1. The van der Waals surface area contributed by atoms with E-state index in [2.05, 4.69) is 5.32 Å². The van der Waals surface area contributed by atoms with Crippen LogP contribution in [0.3, 0.4) is 0 Å². The summed E-state index contributed by atoms with van der Waals surface area (Å²) in [5, 5.41) is 2.29. The van der Waals surface area contributed by atoms with Gasteiger partial charge >= 0.3 is 4.87 Å². The molecule has 2 saturated heterocycles. The van der Waals surface area contributed by atoms with Crippen LogP contribution < -0.4 is 19.7 Å². The summed E-state index contributed by atoms with van der Waals surface area (Å²) in [6.07, 6.45) is 0. The van der Waals surface area contributed by atoms with Crippen LogP contribution in [-0.2, 0) is 25.7 Å². The fourth-order valence-electron chi connectivity index (χ4n) is 4.63. The lowest BCUT2D eigenvalue weighted by atomic mass is 9.83. The van der Waals surface area contributed by atoms with Gasteiger partial charge in [0.25, 0.3) is 0 Å². The second kappa shape index (κ2) is 9.08. The Kier molecular flexibility index (Phi) is 6.13. The molecular weight excluding hydrogens is 482 g/mol. The second-order valence-electron chi connectivity index (χ2n) is 8.13. The number of thioether (sulfide) groups is 1. The number of hydrogen-bond donors (Lipinski definition) is 1. The molecule has 0 radical (unpaired) electrons. The summed E-state index contributed by atoms with van der Waals surface area (Å²) in [6, 6.07) is 5.32. The first-order valence-corrected chi connectivity index (χ1v) is 12.4. The minimum atomic E-state index is -0.697. The summed E-state index contributed by atoms with van der Waals surface area (Å²) >= 11 is 2.19. The monoisotopic (exact) mass is 505 g/mol. The first kappa shape index (κ1) is 22.9. The highest BCUT2D eigenvalue weighted by molar-refractivity contribution is 8.00. The summed E-state index contributed by atoms with van der Waals surface area (Å²) in [4.78, 5) is 53.5. The average molecular weight is 506 g/mol. The number of amides is 3. The molecule has 34 heavy (non-hydrogen) atoms. The molecule has 1 aromatic heterocycles.